The molecule has 1 atom stereocenters. The molecule has 3 heteroatoms. The molecule has 80 valence electrons. The van der Waals surface area contributed by atoms with Crippen LogP contribution in [0.4, 0.5) is 4.79 Å². The van der Waals surface area contributed by atoms with Gasteiger partial charge in [-0.05, 0) is 37.5 Å². The van der Waals surface area contributed by atoms with Gasteiger partial charge in [0.1, 0.15) is 0 Å². The second-order valence-electron chi connectivity index (χ2n) is 4.71. The zero-order valence-electron chi connectivity index (χ0n) is 8.54. The first-order valence-electron chi connectivity index (χ1n) is 5.77. The lowest BCUT2D eigenvalue weighted by molar-refractivity contribution is 0.173. The molecule has 0 radical (unpaired) electrons. The number of amides is 1. The van der Waals surface area contributed by atoms with E-state index in [1.54, 1.807) is 0 Å². The predicted molar refractivity (Wildman–Crippen MR) is 54.2 cm³/mol. The van der Waals surface area contributed by atoms with Gasteiger partial charge in [0.05, 0.1) is 0 Å². The lowest BCUT2D eigenvalue weighted by Gasteiger charge is -2.30. The van der Waals surface area contributed by atoms with Crippen LogP contribution in [-0.2, 0) is 0 Å². The summed E-state index contributed by atoms with van der Waals surface area (Å²) in [6.45, 7) is 0. The molecule has 1 amide bonds. The van der Waals surface area contributed by atoms with E-state index in [9.17, 15) is 4.79 Å². The van der Waals surface area contributed by atoms with Gasteiger partial charge < -0.3 is 10.4 Å². The molecule has 0 spiro atoms. The van der Waals surface area contributed by atoms with Gasteiger partial charge in [0.2, 0.25) is 0 Å². The van der Waals surface area contributed by atoms with Crippen molar-refractivity contribution >= 4 is 6.09 Å². The molecule has 2 N–H and O–H groups in total. The van der Waals surface area contributed by atoms with Gasteiger partial charge in [-0.3, -0.25) is 0 Å². The van der Waals surface area contributed by atoms with E-state index in [4.69, 9.17) is 5.11 Å². The molecule has 2 aliphatic carbocycles. The Bertz CT molecular complexity index is 207. The number of nitrogens with one attached hydrogen (secondary N) is 1. The third kappa shape index (κ3) is 2.40. The Labute approximate surface area is 84.9 Å². The predicted octanol–water partition coefficient (Wildman–Crippen LogP) is 2.61. The Morgan fingerprint density at radius 2 is 1.64 bits per heavy atom. The summed E-state index contributed by atoms with van der Waals surface area (Å²) in [5.74, 6) is 1.27. The largest absolute Gasteiger partial charge is 0.465 e. The van der Waals surface area contributed by atoms with E-state index in [-0.39, 0.29) is 6.04 Å². The summed E-state index contributed by atoms with van der Waals surface area (Å²) in [6, 6.07) is 0.257. The van der Waals surface area contributed by atoms with Crippen molar-refractivity contribution in [2.75, 3.05) is 0 Å². The first-order chi connectivity index (χ1) is 6.77. The maximum atomic E-state index is 10.7. The maximum Gasteiger partial charge on any atom is 0.404 e. The molecule has 0 heterocycles. The number of hydrogen-bond donors (Lipinski definition) is 2. The van der Waals surface area contributed by atoms with Crippen molar-refractivity contribution in [3.63, 3.8) is 0 Å². The van der Waals surface area contributed by atoms with E-state index in [1.807, 2.05) is 0 Å². The molecule has 0 aromatic rings. The topological polar surface area (TPSA) is 49.3 Å². The molecular weight excluding hydrogens is 178 g/mol. The monoisotopic (exact) mass is 197 g/mol. The van der Waals surface area contributed by atoms with E-state index < -0.39 is 6.09 Å². The summed E-state index contributed by atoms with van der Waals surface area (Å²) >= 11 is 0. The highest BCUT2D eigenvalue weighted by molar-refractivity contribution is 5.65. The van der Waals surface area contributed by atoms with Crippen LogP contribution in [0.1, 0.15) is 44.9 Å². The Morgan fingerprint density at radius 3 is 2.14 bits per heavy atom. The van der Waals surface area contributed by atoms with Gasteiger partial charge in [0.15, 0.2) is 0 Å². The summed E-state index contributed by atoms with van der Waals surface area (Å²) in [4.78, 5) is 10.7. The standard InChI is InChI=1S/C11H19NO2/c13-11(14)12-10(9-6-7-9)8-4-2-1-3-5-8/h8-10,12H,1-7H2,(H,13,14)/t10-/m0/s1. The van der Waals surface area contributed by atoms with Gasteiger partial charge in [0.25, 0.3) is 0 Å². The van der Waals surface area contributed by atoms with Gasteiger partial charge in [-0.2, -0.15) is 0 Å². The van der Waals surface area contributed by atoms with E-state index in [0.717, 1.165) is 0 Å². The van der Waals surface area contributed by atoms with Crippen LogP contribution in [0.25, 0.3) is 0 Å². The average Bonchev–Trinajstić information content (AvgIpc) is 2.99. The van der Waals surface area contributed by atoms with Crippen LogP contribution < -0.4 is 5.32 Å². The van der Waals surface area contributed by atoms with Crippen LogP contribution in [0.2, 0.25) is 0 Å². The molecule has 2 fully saturated rings. The highest BCUT2D eigenvalue weighted by Gasteiger charge is 2.37. The first kappa shape index (κ1) is 9.81. The van der Waals surface area contributed by atoms with Crippen molar-refractivity contribution in [1.82, 2.24) is 5.32 Å². The van der Waals surface area contributed by atoms with E-state index in [2.05, 4.69) is 5.32 Å². The van der Waals surface area contributed by atoms with Crippen molar-refractivity contribution in [1.29, 1.82) is 0 Å². The van der Waals surface area contributed by atoms with Gasteiger partial charge >= 0.3 is 6.09 Å². The van der Waals surface area contributed by atoms with E-state index in [1.165, 1.54) is 44.9 Å². The van der Waals surface area contributed by atoms with Crippen LogP contribution >= 0.6 is 0 Å². The quantitative estimate of drug-likeness (QED) is 0.730. The Balaban J connectivity index is 1.90. The molecule has 0 aromatic heterocycles. The summed E-state index contributed by atoms with van der Waals surface area (Å²) in [5.41, 5.74) is 0. The van der Waals surface area contributed by atoms with Crippen LogP contribution in [0.3, 0.4) is 0 Å². The molecule has 2 aliphatic rings. The number of carbonyl (C=O) groups is 1. The number of carboxylic acid groups (broad SMARTS) is 1. The lowest BCUT2D eigenvalue weighted by Crippen LogP contribution is -2.41. The second-order valence-corrected chi connectivity index (χ2v) is 4.71. The van der Waals surface area contributed by atoms with Crippen LogP contribution in [0.5, 0.6) is 0 Å². The van der Waals surface area contributed by atoms with Crippen molar-refractivity contribution in [3.8, 4) is 0 Å². The third-order valence-electron chi connectivity index (χ3n) is 3.58. The van der Waals surface area contributed by atoms with Crippen LogP contribution in [0.15, 0.2) is 0 Å². The summed E-state index contributed by atoms with van der Waals surface area (Å²) in [6.07, 6.45) is 7.96. The third-order valence-corrected chi connectivity index (χ3v) is 3.58. The SMILES string of the molecule is O=C(O)N[C@@H](C1CCCCC1)C1CC1. The smallest absolute Gasteiger partial charge is 0.404 e. The Morgan fingerprint density at radius 1 is 1.07 bits per heavy atom. The Hall–Kier alpha value is -0.730. The van der Waals surface area contributed by atoms with Gasteiger partial charge in [-0.1, -0.05) is 19.3 Å². The number of hydrogen-bond acceptors (Lipinski definition) is 1. The molecule has 0 unspecified atom stereocenters. The highest BCUT2D eigenvalue weighted by Crippen LogP contribution is 2.40. The minimum absolute atomic E-state index is 0.257. The molecule has 3 nitrogen and oxygen atoms in total. The highest BCUT2D eigenvalue weighted by atomic mass is 16.4. The van der Waals surface area contributed by atoms with Gasteiger partial charge in [-0.15, -0.1) is 0 Å². The van der Waals surface area contributed by atoms with Crippen LogP contribution in [0, 0.1) is 11.8 Å². The maximum absolute atomic E-state index is 10.7. The van der Waals surface area contributed by atoms with Gasteiger partial charge in [0, 0.05) is 6.04 Å². The molecule has 2 rings (SSSR count). The molecule has 14 heavy (non-hydrogen) atoms. The summed E-state index contributed by atoms with van der Waals surface area (Å²) in [7, 11) is 0. The molecule has 0 bridgehead atoms. The van der Waals surface area contributed by atoms with Crippen molar-refractivity contribution < 1.29 is 9.90 Å². The molecular formula is C11H19NO2. The normalized spacial score (nSPS) is 25.7. The number of rotatable bonds is 3. The fourth-order valence-corrected chi connectivity index (χ4v) is 2.71. The second kappa shape index (κ2) is 4.20. The summed E-state index contributed by atoms with van der Waals surface area (Å²) in [5, 5.41) is 11.5. The Kier molecular flexibility index (Phi) is 2.94. The molecule has 2 saturated carbocycles. The molecule has 0 aliphatic heterocycles. The van der Waals surface area contributed by atoms with E-state index >= 15 is 0 Å². The minimum atomic E-state index is -0.840. The zero-order valence-corrected chi connectivity index (χ0v) is 8.54. The van der Waals surface area contributed by atoms with Gasteiger partial charge in [-0.25, -0.2) is 4.79 Å². The molecule has 0 saturated heterocycles. The molecule has 0 aromatic carbocycles. The van der Waals surface area contributed by atoms with Crippen molar-refractivity contribution in [2.45, 2.75) is 51.0 Å². The van der Waals surface area contributed by atoms with Crippen molar-refractivity contribution in [3.05, 3.63) is 0 Å². The van der Waals surface area contributed by atoms with E-state index in [0.29, 0.717) is 11.8 Å². The summed E-state index contributed by atoms with van der Waals surface area (Å²) < 4.78 is 0. The fourth-order valence-electron chi connectivity index (χ4n) is 2.71. The van der Waals surface area contributed by atoms with Crippen molar-refractivity contribution in [2.24, 2.45) is 11.8 Å². The van der Waals surface area contributed by atoms with Crippen LogP contribution in [-0.4, -0.2) is 17.2 Å². The zero-order chi connectivity index (χ0) is 9.97. The lowest BCUT2D eigenvalue weighted by atomic mass is 9.82. The average molecular weight is 197 g/mol. The fraction of sp³-hybridized carbons (Fsp3) is 0.909. The minimum Gasteiger partial charge on any atom is -0.465 e. The first-order valence-corrected chi connectivity index (χ1v) is 5.77.